The normalized spacial score (nSPS) is 10.9. The first-order chi connectivity index (χ1) is 12.6. The van der Waals surface area contributed by atoms with Gasteiger partial charge in [-0.2, -0.15) is 0 Å². The van der Waals surface area contributed by atoms with Crippen LogP contribution in [0.4, 0.5) is 0 Å². The summed E-state index contributed by atoms with van der Waals surface area (Å²) in [5, 5.41) is 38.2. The second-order valence-corrected chi connectivity index (χ2v) is 7.44. The highest BCUT2D eigenvalue weighted by Crippen LogP contribution is 2.36. The second kappa shape index (κ2) is 11.1. The molecule has 0 amide bonds. The molecule has 0 fully saturated rings. The Labute approximate surface area is 160 Å². The first-order valence-corrected chi connectivity index (χ1v) is 9.99. The van der Waals surface area contributed by atoms with E-state index in [0.29, 0.717) is 47.7 Å². The van der Waals surface area contributed by atoms with E-state index in [1.54, 1.807) is 24.3 Å². The van der Waals surface area contributed by atoms with Crippen molar-refractivity contribution in [3.05, 3.63) is 36.4 Å². The Bertz CT molecular complexity index is 636. The predicted octanol–water partition coefficient (Wildman–Crippen LogP) is 3.43. The van der Waals surface area contributed by atoms with Crippen LogP contribution in [0.15, 0.2) is 46.2 Å². The molecule has 8 heteroatoms. The number of thioether (sulfide) groups is 2. The quantitative estimate of drug-likeness (QED) is 0.260. The maximum Gasteiger partial charge on any atom is 0.171 e. The van der Waals surface area contributed by atoms with Crippen molar-refractivity contribution < 1.29 is 29.9 Å². The summed E-state index contributed by atoms with van der Waals surface area (Å²) in [7, 11) is 0. The lowest BCUT2D eigenvalue weighted by Crippen LogP contribution is -2.08. The lowest BCUT2D eigenvalue weighted by molar-refractivity contribution is 0.0605. The fraction of sp³-hybridized carbons (Fsp3) is 0.333. The molecule has 4 N–H and O–H groups in total. The summed E-state index contributed by atoms with van der Waals surface area (Å²) in [6.07, 6.45) is 0. The first-order valence-electron chi connectivity index (χ1n) is 8.02. The molecule has 0 saturated heterocycles. The van der Waals surface area contributed by atoms with E-state index in [1.807, 2.05) is 0 Å². The Morgan fingerprint density at radius 3 is 1.46 bits per heavy atom. The number of rotatable bonds is 11. The first kappa shape index (κ1) is 20.6. The van der Waals surface area contributed by atoms with Crippen LogP contribution in [0.1, 0.15) is 0 Å². The number of phenolic OH excluding ortho intramolecular Hbond substituents is 4. The van der Waals surface area contributed by atoms with Crippen LogP contribution in [-0.2, 0) is 9.47 Å². The predicted molar refractivity (Wildman–Crippen MR) is 103 cm³/mol. The number of para-hydroxylation sites is 2. The Balaban J connectivity index is 1.48. The van der Waals surface area contributed by atoms with Gasteiger partial charge >= 0.3 is 0 Å². The van der Waals surface area contributed by atoms with E-state index in [9.17, 15) is 20.4 Å². The highest BCUT2D eigenvalue weighted by Gasteiger charge is 2.06. The molecule has 0 unspecified atom stereocenters. The van der Waals surface area contributed by atoms with Crippen LogP contribution in [0.3, 0.4) is 0 Å². The minimum Gasteiger partial charge on any atom is -0.504 e. The molecular weight excluding hydrogens is 376 g/mol. The Kier molecular flexibility index (Phi) is 8.76. The van der Waals surface area contributed by atoms with E-state index in [4.69, 9.17) is 9.47 Å². The topological polar surface area (TPSA) is 99.4 Å². The molecule has 6 nitrogen and oxygen atoms in total. The zero-order valence-electron chi connectivity index (χ0n) is 14.1. The van der Waals surface area contributed by atoms with Crippen molar-refractivity contribution in [1.82, 2.24) is 0 Å². The lowest BCUT2D eigenvalue weighted by atomic mass is 10.3. The summed E-state index contributed by atoms with van der Waals surface area (Å²) in [6, 6.07) is 9.72. The number of aromatic hydroxyl groups is 4. The zero-order valence-corrected chi connectivity index (χ0v) is 15.8. The average molecular weight is 399 g/mol. The van der Waals surface area contributed by atoms with Crippen LogP contribution in [0, 0.1) is 0 Å². The number of hydrogen-bond donors (Lipinski definition) is 4. The highest BCUT2D eigenvalue weighted by atomic mass is 32.2. The van der Waals surface area contributed by atoms with Crippen molar-refractivity contribution in [2.75, 3.05) is 37.9 Å². The van der Waals surface area contributed by atoms with Gasteiger partial charge in [0.2, 0.25) is 0 Å². The fourth-order valence-corrected chi connectivity index (χ4v) is 3.67. The van der Waals surface area contributed by atoms with Crippen molar-refractivity contribution in [3.8, 4) is 23.0 Å². The van der Waals surface area contributed by atoms with E-state index in [2.05, 4.69) is 0 Å². The molecule has 2 aromatic carbocycles. The molecular formula is C18H22O6S2. The Hall–Kier alpha value is -1.74. The largest absolute Gasteiger partial charge is 0.504 e. The molecule has 0 saturated carbocycles. The summed E-state index contributed by atoms with van der Waals surface area (Å²) in [4.78, 5) is 1.24. The van der Waals surface area contributed by atoms with Crippen molar-refractivity contribution in [2.24, 2.45) is 0 Å². The number of benzene rings is 2. The van der Waals surface area contributed by atoms with Crippen molar-refractivity contribution in [1.29, 1.82) is 0 Å². The fourth-order valence-electron chi connectivity index (χ4n) is 2.00. The van der Waals surface area contributed by atoms with Crippen LogP contribution < -0.4 is 0 Å². The van der Waals surface area contributed by atoms with Crippen LogP contribution in [-0.4, -0.2) is 58.4 Å². The number of phenols is 4. The van der Waals surface area contributed by atoms with Crippen molar-refractivity contribution >= 4 is 23.5 Å². The van der Waals surface area contributed by atoms with Gasteiger partial charge in [-0.15, -0.1) is 23.5 Å². The lowest BCUT2D eigenvalue weighted by Gasteiger charge is -2.08. The van der Waals surface area contributed by atoms with Crippen LogP contribution >= 0.6 is 23.5 Å². The maximum absolute atomic E-state index is 9.67. The van der Waals surface area contributed by atoms with E-state index in [-0.39, 0.29) is 23.0 Å². The van der Waals surface area contributed by atoms with Crippen LogP contribution in [0.25, 0.3) is 0 Å². The number of ether oxygens (including phenoxy) is 2. The van der Waals surface area contributed by atoms with Gasteiger partial charge < -0.3 is 29.9 Å². The van der Waals surface area contributed by atoms with Gasteiger partial charge in [0.15, 0.2) is 23.0 Å². The molecule has 0 aromatic heterocycles. The summed E-state index contributed by atoms with van der Waals surface area (Å²) in [6.45, 7) is 1.95. The summed E-state index contributed by atoms with van der Waals surface area (Å²) in [5.41, 5.74) is 0. The molecule has 142 valence electrons. The molecule has 0 atom stereocenters. The van der Waals surface area contributed by atoms with Gasteiger partial charge in [0, 0.05) is 11.5 Å². The SMILES string of the molecule is Oc1cccc(SCCOCCOCCSc2cccc(O)c2O)c1O. The molecule has 0 aliphatic heterocycles. The minimum atomic E-state index is -0.124. The van der Waals surface area contributed by atoms with E-state index in [0.717, 1.165) is 0 Å². The molecule has 0 spiro atoms. The molecule has 2 aromatic rings. The molecule has 0 aliphatic carbocycles. The number of hydrogen-bond acceptors (Lipinski definition) is 8. The van der Waals surface area contributed by atoms with Gasteiger partial charge in [0.25, 0.3) is 0 Å². The average Bonchev–Trinajstić information content (AvgIpc) is 2.63. The van der Waals surface area contributed by atoms with Gasteiger partial charge in [0.05, 0.1) is 36.2 Å². The maximum atomic E-state index is 9.67. The molecule has 26 heavy (non-hydrogen) atoms. The second-order valence-electron chi connectivity index (χ2n) is 5.17. The third kappa shape index (κ3) is 6.53. The van der Waals surface area contributed by atoms with Gasteiger partial charge in [-0.1, -0.05) is 12.1 Å². The summed E-state index contributed by atoms with van der Waals surface area (Å²) < 4.78 is 10.9. The van der Waals surface area contributed by atoms with Gasteiger partial charge in [-0.25, -0.2) is 0 Å². The monoisotopic (exact) mass is 398 g/mol. The third-order valence-corrected chi connectivity index (χ3v) is 5.32. The molecule has 2 rings (SSSR count). The van der Waals surface area contributed by atoms with E-state index in [1.165, 1.54) is 35.7 Å². The van der Waals surface area contributed by atoms with Crippen LogP contribution in [0.5, 0.6) is 23.0 Å². The van der Waals surface area contributed by atoms with Gasteiger partial charge in [-0.3, -0.25) is 0 Å². The summed E-state index contributed by atoms with van der Waals surface area (Å²) in [5.74, 6) is 0.863. The highest BCUT2D eigenvalue weighted by molar-refractivity contribution is 7.99. The zero-order chi connectivity index (χ0) is 18.8. The minimum absolute atomic E-state index is 0.101. The Morgan fingerprint density at radius 1 is 0.615 bits per heavy atom. The third-order valence-electron chi connectivity index (χ3n) is 3.30. The van der Waals surface area contributed by atoms with E-state index < -0.39 is 0 Å². The van der Waals surface area contributed by atoms with Crippen LogP contribution in [0.2, 0.25) is 0 Å². The van der Waals surface area contributed by atoms with E-state index >= 15 is 0 Å². The molecule has 0 radical (unpaired) electrons. The Morgan fingerprint density at radius 2 is 1.04 bits per heavy atom. The van der Waals surface area contributed by atoms with Gasteiger partial charge in [0.1, 0.15) is 0 Å². The van der Waals surface area contributed by atoms with Crippen molar-refractivity contribution in [3.63, 3.8) is 0 Å². The molecule has 0 aliphatic rings. The van der Waals surface area contributed by atoms with Gasteiger partial charge in [-0.05, 0) is 24.3 Å². The smallest absolute Gasteiger partial charge is 0.171 e. The summed E-state index contributed by atoms with van der Waals surface area (Å²) >= 11 is 2.82. The molecule has 0 heterocycles. The van der Waals surface area contributed by atoms with Crippen molar-refractivity contribution in [2.45, 2.75) is 9.79 Å². The molecule has 0 bridgehead atoms. The standard InChI is InChI=1S/C18H22O6S2/c19-13-3-1-5-15(17(13)21)25-11-9-23-7-8-24-10-12-26-16-6-2-4-14(20)18(16)22/h1-6,19-22H,7-12H2.